The van der Waals surface area contributed by atoms with Crippen molar-refractivity contribution in [1.29, 1.82) is 0 Å². The molecule has 0 radical (unpaired) electrons. The second kappa shape index (κ2) is 6.84. The van der Waals surface area contributed by atoms with Crippen LogP contribution in [0.4, 0.5) is 0 Å². The molecule has 1 heterocycles. The van der Waals surface area contributed by atoms with Crippen LogP contribution in [0, 0.1) is 0 Å². The Morgan fingerprint density at radius 2 is 2.11 bits per heavy atom. The van der Waals surface area contributed by atoms with Crippen LogP contribution in [-0.2, 0) is 10.2 Å². The number of rotatable bonds is 6. The zero-order chi connectivity index (χ0) is 13.8. The largest absolute Gasteiger partial charge is 0.395 e. The fraction of sp³-hybridized carbons (Fsp3) is 1.00. The average molecular weight is 278 g/mol. The van der Waals surface area contributed by atoms with Gasteiger partial charge in [-0.3, -0.25) is 0 Å². The van der Waals surface area contributed by atoms with Crippen LogP contribution in [0.2, 0.25) is 0 Å². The van der Waals surface area contributed by atoms with Gasteiger partial charge in [-0.25, -0.2) is 0 Å². The lowest BCUT2D eigenvalue weighted by molar-refractivity contribution is 0.146. The zero-order valence-electron chi connectivity index (χ0n) is 11.7. The van der Waals surface area contributed by atoms with E-state index in [-0.39, 0.29) is 18.7 Å². The molecule has 6 heteroatoms. The number of hydrogen-bond donors (Lipinski definition) is 1. The summed E-state index contributed by atoms with van der Waals surface area (Å²) in [5.41, 5.74) is 0. The molecule has 18 heavy (non-hydrogen) atoms. The van der Waals surface area contributed by atoms with Gasteiger partial charge >= 0.3 is 0 Å². The van der Waals surface area contributed by atoms with Crippen LogP contribution in [0.25, 0.3) is 0 Å². The standard InChI is InChI=1S/C12H26N2O3S/c1-4-7-11(2)13(3)18(16,17)14-9-6-5-8-12(14)10-15/h11-12,15H,4-10H2,1-3H3. The summed E-state index contributed by atoms with van der Waals surface area (Å²) < 4.78 is 27.9. The summed E-state index contributed by atoms with van der Waals surface area (Å²) in [6, 6.07) is -0.249. The van der Waals surface area contributed by atoms with Crippen molar-refractivity contribution in [2.75, 3.05) is 20.2 Å². The highest BCUT2D eigenvalue weighted by Crippen LogP contribution is 2.23. The predicted octanol–water partition coefficient (Wildman–Crippen LogP) is 1.20. The molecule has 1 rings (SSSR count). The maximum Gasteiger partial charge on any atom is 0.282 e. The molecule has 0 spiro atoms. The van der Waals surface area contributed by atoms with Gasteiger partial charge < -0.3 is 5.11 Å². The van der Waals surface area contributed by atoms with Crippen LogP contribution in [0.3, 0.4) is 0 Å². The Morgan fingerprint density at radius 3 is 2.67 bits per heavy atom. The van der Waals surface area contributed by atoms with E-state index in [2.05, 4.69) is 0 Å². The molecule has 1 aliphatic heterocycles. The maximum absolute atomic E-state index is 12.5. The van der Waals surface area contributed by atoms with E-state index >= 15 is 0 Å². The van der Waals surface area contributed by atoms with Crippen molar-refractivity contribution < 1.29 is 13.5 Å². The van der Waals surface area contributed by atoms with Gasteiger partial charge in [-0.05, 0) is 26.2 Å². The summed E-state index contributed by atoms with van der Waals surface area (Å²) >= 11 is 0. The maximum atomic E-state index is 12.5. The zero-order valence-corrected chi connectivity index (χ0v) is 12.5. The topological polar surface area (TPSA) is 60.9 Å². The van der Waals surface area contributed by atoms with E-state index in [0.717, 1.165) is 32.1 Å². The molecule has 1 N–H and O–H groups in total. The van der Waals surface area contributed by atoms with Crippen molar-refractivity contribution in [3.63, 3.8) is 0 Å². The van der Waals surface area contributed by atoms with Gasteiger partial charge in [0.15, 0.2) is 0 Å². The van der Waals surface area contributed by atoms with E-state index < -0.39 is 10.2 Å². The number of nitrogens with zero attached hydrogens (tertiary/aromatic N) is 2. The second-order valence-electron chi connectivity index (χ2n) is 5.10. The first-order valence-electron chi connectivity index (χ1n) is 6.80. The molecule has 0 aromatic heterocycles. The van der Waals surface area contributed by atoms with E-state index in [1.807, 2.05) is 13.8 Å². The quantitative estimate of drug-likeness (QED) is 0.794. The van der Waals surface area contributed by atoms with E-state index in [9.17, 15) is 13.5 Å². The Labute approximate surface area is 111 Å². The fourth-order valence-corrected chi connectivity index (χ4v) is 4.25. The van der Waals surface area contributed by atoms with Crippen LogP contribution in [0.15, 0.2) is 0 Å². The number of piperidine rings is 1. The Balaban J connectivity index is 2.83. The second-order valence-corrected chi connectivity index (χ2v) is 7.05. The van der Waals surface area contributed by atoms with E-state index in [1.165, 1.54) is 8.61 Å². The molecule has 0 amide bonds. The summed E-state index contributed by atoms with van der Waals surface area (Å²) in [6.45, 7) is 4.42. The van der Waals surface area contributed by atoms with Crippen molar-refractivity contribution in [2.24, 2.45) is 0 Å². The van der Waals surface area contributed by atoms with E-state index in [4.69, 9.17) is 0 Å². The highest BCUT2D eigenvalue weighted by molar-refractivity contribution is 7.86. The Morgan fingerprint density at radius 1 is 1.44 bits per heavy atom. The first-order valence-corrected chi connectivity index (χ1v) is 8.20. The molecular formula is C12H26N2O3S. The van der Waals surface area contributed by atoms with Crippen molar-refractivity contribution >= 4 is 10.2 Å². The first-order chi connectivity index (χ1) is 8.45. The van der Waals surface area contributed by atoms with Crippen LogP contribution in [0.5, 0.6) is 0 Å². The molecule has 1 saturated heterocycles. The first kappa shape index (κ1) is 15.9. The fourth-order valence-electron chi connectivity index (χ4n) is 2.45. The van der Waals surface area contributed by atoms with Gasteiger partial charge in [-0.1, -0.05) is 19.8 Å². The average Bonchev–Trinajstić information content (AvgIpc) is 2.38. The highest BCUT2D eigenvalue weighted by atomic mass is 32.2. The highest BCUT2D eigenvalue weighted by Gasteiger charge is 2.36. The Bertz CT molecular complexity index is 345. The van der Waals surface area contributed by atoms with Gasteiger partial charge in [0.2, 0.25) is 0 Å². The lowest BCUT2D eigenvalue weighted by Gasteiger charge is -2.37. The molecule has 0 bridgehead atoms. The molecular weight excluding hydrogens is 252 g/mol. The van der Waals surface area contributed by atoms with Crippen molar-refractivity contribution in [3.05, 3.63) is 0 Å². The molecule has 2 atom stereocenters. The summed E-state index contributed by atoms with van der Waals surface area (Å²) in [7, 11) is -1.80. The van der Waals surface area contributed by atoms with Crippen LogP contribution in [-0.4, -0.2) is 54.4 Å². The smallest absolute Gasteiger partial charge is 0.282 e. The van der Waals surface area contributed by atoms with Crippen LogP contribution in [0.1, 0.15) is 46.0 Å². The Kier molecular flexibility index (Phi) is 6.04. The predicted molar refractivity (Wildman–Crippen MR) is 72.5 cm³/mol. The molecule has 1 fully saturated rings. The van der Waals surface area contributed by atoms with Gasteiger partial charge in [0, 0.05) is 25.7 Å². The molecule has 2 unspecified atom stereocenters. The van der Waals surface area contributed by atoms with Gasteiger partial charge in [0.25, 0.3) is 10.2 Å². The van der Waals surface area contributed by atoms with Gasteiger partial charge in [0.1, 0.15) is 0 Å². The molecule has 0 aromatic carbocycles. The van der Waals surface area contributed by atoms with Gasteiger partial charge in [-0.15, -0.1) is 0 Å². The van der Waals surface area contributed by atoms with Gasteiger partial charge in [-0.2, -0.15) is 17.0 Å². The SMILES string of the molecule is CCCC(C)N(C)S(=O)(=O)N1CCCCC1CO. The van der Waals surface area contributed by atoms with E-state index in [1.54, 1.807) is 7.05 Å². The van der Waals surface area contributed by atoms with Gasteiger partial charge in [0.05, 0.1) is 6.61 Å². The molecule has 108 valence electrons. The van der Waals surface area contributed by atoms with E-state index in [0.29, 0.717) is 6.54 Å². The molecule has 1 aliphatic rings. The third-order valence-electron chi connectivity index (χ3n) is 3.77. The number of aliphatic hydroxyl groups excluding tert-OH is 1. The van der Waals surface area contributed by atoms with Crippen LogP contribution < -0.4 is 0 Å². The number of hydrogen-bond acceptors (Lipinski definition) is 3. The molecule has 0 aliphatic carbocycles. The normalized spacial score (nSPS) is 24.4. The minimum atomic E-state index is -3.44. The van der Waals surface area contributed by atoms with Crippen molar-refractivity contribution in [2.45, 2.75) is 58.0 Å². The summed E-state index contributed by atoms with van der Waals surface area (Å²) in [6.07, 6.45) is 4.45. The van der Waals surface area contributed by atoms with Crippen molar-refractivity contribution in [1.82, 2.24) is 8.61 Å². The molecule has 0 aromatic rings. The lowest BCUT2D eigenvalue weighted by atomic mass is 10.1. The third kappa shape index (κ3) is 3.44. The van der Waals surface area contributed by atoms with Crippen molar-refractivity contribution in [3.8, 4) is 0 Å². The summed E-state index contributed by atoms with van der Waals surface area (Å²) in [5.74, 6) is 0. The molecule has 5 nitrogen and oxygen atoms in total. The monoisotopic (exact) mass is 278 g/mol. The van der Waals surface area contributed by atoms with Crippen LogP contribution >= 0.6 is 0 Å². The minimum absolute atomic E-state index is 0.00118. The summed E-state index contributed by atoms with van der Waals surface area (Å²) in [5, 5.41) is 9.32. The molecule has 0 saturated carbocycles. The lowest BCUT2D eigenvalue weighted by Crippen LogP contribution is -2.52. The third-order valence-corrected chi connectivity index (χ3v) is 5.93. The summed E-state index contributed by atoms with van der Waals surface area (Å²) in [4.78, 5) is 0. The minimum Gasteiger partial charge on any atom is -0.395 e. The Hall–Kier alpha value is -0.170. The number of aliphatic hydroxyl groups is 1.